The SMILES string of the molecule is COc1cc(C(=O)NS(=O)(=O)CCC(C)(C)C)nnc1C1CC1. The number of sulfonamides is 1. The highest BCUT2D eigenvalue weighted by Crippen LogP contribution is 2.42. The van der Waals surface area contributed by atoms with Crippen LogP contribution in [0.2, 0.25) is 0 Å². The molecule has 0 bridgehead atoms. The van der Waals surface area contributed by atoms with Crippen LogP contribution in [0.15, 0.2) is 6.07 Å². The third kappa shape index (κ3) is 5.16. The van der Waals surface area contributed by atoms with Gasteiger partial charge < -0.3 is 4.74 Å². The second-order valence-corrected chi connectivity index (χ2v) is 8.86. The molecule has 1 aromatic heterocycles. The van der Waals surface area contributed by atoms with Crippen molar-refractivity contribution in [3.63, 3.8) is 0 Å². The summed E-state index contributed by atoms with van der Waals surface area (Å²) < 4.78 is 31.2. The van der Waals surface area contributed by atoms with Crippen LogP contribution in [0.4, 0.5) is 0 Å². The average molecular weight is 341 g/mol. The summed E-state index contributed by atoms with van der Waals surface area (Å²) in [5.41, 5.74) is 0.525. The predicted octanol–water partition coefficient (Wildman–Crippen LogP) is 1.86. The van der Waals surface area contributed by atoms with Gasteiger partial charge >= 0.3 is 0 Å². The lowest BCUT2D eigenvalue weighted by molar-refractivity contribution is 0.0975. The van der Waals surface area contributed by atoms with Crippen molar-refractivity contribution in [2.24, 2.45) is 5.41 Å². The molecule has 0 radical (unpaired) electrons. The summed E-state index contributed by atoms with van der Waals surface area (Å²) in [6.45, 7) is 5.83. The van der Waals surface area contributed by atoms with Gasteiger partial charge in [0.05, 0.1) is 12.9 Å². The van der Waals surface area contributed by atoms with Crippen molar-refractivity contribution in [2.45, 2.75) is 46.0 Å². The van der Waals surface area contributed by atoms with Gasteiger partial charge in [-0.15, -0.1) is 5.10 Å². The molecule has 0 unspecified atom stereocenters. The third-order valence-electron chi connectivity index (χ3n) is 3.57. The van der Waals surface area contributed by atoms with Gasteiger partial charge in [0.2, 0.25) is 10.0 Å². The fraction of sp³-hybridized carbons (Fsp3) is 0.667. The van der Waals surface area contributed by atoms with Crippen LogP contribution in [-0.4, -0.2) is 37.4 Å². The molecule has 1 aliphatic carbocycles. The van der Waals surface area contributed by atoms with Gasteiger partial charge in [0.15, 0.2) is 5.69 Å². The lowest BCUT2D eigenvalue weighted by atomic mass is 9.94. The Labute approximate surface area is 136 Å². The molecule has 1 aromatic rings. The van der Waals surface area contributed by atoms with Crippen molar-refractivity contribution >= 4 is 15.9 Å². The largest absolute Gasteiger partial charge is 0.495 e. The first-order valence-corrected chi connectivity index (χ1v) is 9.23. The maximum absolute atomic E-state index is 12.1. The Hall–Kier alpha value is -1.70. The fourth-order valence-corrected chi connectivity index (χ4v) is 3.35. The van der Waals surface area contributed by atoms with Crippen molar-refractivity contribution in [3.05, 3.63) is 17.5 Å². The zero-order valence-electron chi connectivity index (χ0n) is 13.9. The Bertz CT molecular complexity index is 691. The van der Waals surface area contributed by atoms with Gasteiger partial charge in [-0.25, -0.2) is 13.1 Å². The minimum atomic E-state index is -3.70. The van der Waals surface area contributed by atoms with Crippen LogP contribution in [0.25, 0.3) is 0 Å². The molecule has 2 rings (SSSR count). The van der Waals surface area contributed by atoms with Gasteiger partial charge in [-0.05, 0) is 24.7 Å². The lowest BCUT2D eigenvalue weighted by Crippen LogP contribution is -2.34. The van der Waals surface area contributed by atoms with Gasteiger partial charge in [0, 0.05) is 12.0 Å². The van der Waals surface area contributed by atoms with Crippen LogP contribution in [0.3, 0.4) is 0 Å². The Morgan fingerprint density at radius 3 is 2.52 bits per heavy atom. The standard InChI is InChI=1S/C15H23N3O4S/c1-15(2,3)7-8-23(20,21)18-14(19)11-9-12(22-4)13(17-16-11)10-5-6-10/h9-10H,5-8H2,1-4H3,(H,18,19). The van der Waals surface area contributed by atoms with Crippen molar-refractivity contribution in [3.8, 4) is 5.75 Å². The van der Waals surface area contributed by atoms with Gasteiger partial charge in [0.1, 0.15) is 11.4 Å². The van der Waals surface area contributed by atoms with E-state index >= 15 is 0 Å². The molecule has 1 fully saturated rings. The van der Waals surface area contributed by atoms with E-state index in [-0.39, 0.29) is 16.9 Å². The van der Waals surface area contributed by atoms with Crippen molar-refractivity contribution < 1.29 is 17.9 Å². The predicted molar refractivity (Wildman–Crippen MR) is 85.9 cm³/mol. The number of carbonyl (C=O) groups excluding carboxylic acids is 1. The topological polar surface area (TPSA) is 98.2 Å². The highest BCUT2D eigenvalue weighted by Gasteiger charge is 2.30. The van der Waals surface area contributed by atoms with Gasteiger partial charge in [-0.2, -0.15) is 5.10 Å². The summed E-state index contributed by atoms with van der Waals surface area (Å²) in [5, 5.41) is 7.85. The number of ether oxygens (including phenoxy) is 1. The molecule has 0 atom stereocenters. The summed E-state index contributed by atoms with van der Waals surface area (Å²) in [4.78, 5) is 12.1. The summed E-state index contributed by atoms with van der Waals surface area (Å²) in [6.07, 6.45) is 2.50. The lowest BCUT2D eigenvalue weighted by Gasteiger charge is -2.17. The molecular formula is C15H23N3O4S. The molecule has 23 heavy (non-hydrogen) atoms. The van der Waals surface area contributed by atoms with E-state index in [9.17, 15) is 13.2 Å². The number of hydrogen-bond donors (Lipinski definition) is 1. The van der Waals surface area contributed by atoms with E-state index in [1.54, 1.807) is 0 Å². The molecule has 1 N–H and O–H groups in total. The van der Waals surface area contributed by atoms with Crippen LogP contribution >= 0.6 is 0 Å². The van der Waals surface area contributed by atoms with Crippen LogP contribution in [0.1, 0.15) is 62.1 Å². The average Bonchev–Trinajstić information content (AvgIpc) is 3.28. The highest BCUT2D eigenvalue weighted by molar-refractivity contribution is 7.90. The number of carbonyl (C=O) groups is 1. The Morgan fingerprint density at radius 2 is 2.00 bits per heavy atom. The Morgan fingerprint density at radius 1 is 1.35 bits per heavy atom. The van der Waals surface area contributed by atoms with Gasteiger partial charge in [-0.1, -0.05) is 20.8 Å². The van der Waals surface area contributed by atoms with Gasteiger partial charge in [-0.3, -0.25) is 4.79 Å². The number of aromatic nitrogens is 2. The minimum Gasteiger partial charge on any atom is -0.495 e. The second-order valence-electron chi connectivity index (χ2n) is 7.02. The van der Waals surface area contributed by atoms with Gasteiger partial charge in [0.25, 0.3) is 5.91 Å². The molecule has 0 aromatic carbocycles. The normalized spacial score (nSPS) is 15.3. The number of rotatable bonds is 6. The quantitative estimate of drug-likeness (QED) is 0.848. The van der Waals surface area contributed by atoms with E-state index < -0.39 is 15.9 Å². The summed E-state index contributed by atoms with van der Waals surface area (Å²) in [5.74, 6) is -0.107. The molecule has 0 aliphatic heterocycles. The fourth-order valence-electron chi connectivity index (χ4n) is 1.98. The number of hydrogen-bond acceptors (Lipinski definition) is 6. The van der Waals surface area contributed by atoms with E-state index in [4.69, 9.17) is 4.74 Å². The van der Waals surface area contributed by atoms with E-state index in [0.29, 0.717) is 18.1 Å². The summed E-state index contributed by atoms with van der Waals surface area (Å²) in [6, 6.07) is 1.44. The molecular weight excluding hydrogens is 318 g/mol. The maximum atomic E-state index is 12.1. The zero-order chi connectivity index (χ0) is 17.3. The number of methoxy groups -OCH3 is 1. The number of amides is 1. The maximum Gasteiger partial charge on any atom is 0.285 e. The molecule has 7 nitrogen and oxygen atoms in total. The molecule has 1 heterocycles. The summed E-state index contributed by atoms with van der Waals surface area (Å²) >= 11 is 0. The van der Waals surface area contributed by atoms with Crippen LogP contribution in [0, 0.1) is 5.41 Å². The van der Waals surface area contributed by atoms with E-state index in [1.165, 1.54) is 13.2 Å². The van der Waals surface area contributed by atoms with E-state index in [0.717, 1.165) is 18.5 Å². The molecule has 0 saturated heterocycles. The van der Waals surface area contributed by atoms with Crippen molar-refractivity contribution in [2.75, 3.05) is 12.9 Å². The monoisotopic (exact) mass is 341 g/mol. The van der Waals surface area contributed by atoms with Crippen LogP contribution in [-0.2, 0) is 10.0 Å². The highest BCUT2D eigenvalue weighted by atomic mass is 32.2. The Kier molecular flexibility index (Phi) is 4.93. The van der Waals surface area contributed by atoms with Crippen molar-refractivity contribution in [1.82, 2.24) is 14.9 Å². The molecule has 1 amide bonds. The smallest absolute Gasteiger partial charge is 0.285 e. The molecule has 1 saturated carbocycles. The number of nitrogens with one attached hydrogen (secondary N) is 1. The van der Waals surface area contributed by atoms with Crippen LogP contribution in [0.5, 0.6) is 5.75 Å². The molecule has 0 spiro atoms. The molecule has 8 heteroatoms. The number of nitrogens with zero attached hydrogens (tertiary/aromatic N) is 2. The first-order valence-electron chi connectivity index (χ1n) is 7.58. The van der Waals surface area contributed by atoms with E-state index in [1.807, 2.05) is 25.5 Å². The Balaban J connectivity index is 2.08. The zero-order valence-corrected chi connectivity index (χ0v) is 14.7. The van der Waals surface area contributed by atoms with Crippen LogP contribution < -0.4 is 9.46 Å². The molecule has 1 aliphatic rings. The first kappa shape index (κ1) is 17.7. The summed E-state index contributed by atoms with van der Waals surface area (Å²) in [7, 11) is -2.21. The second kappa shape index (κ2) is 6.43. The minimum absolute atomic E-state index is 0.0643. The first-order chi connectivity index (χ1) is 10.6. The van der Waals surface area contributed by atoms with Crippen molar-refractivity contribution in [1.29, 1.82) is 0 Å². The molecule has 128 valence electrons. The third-order valence-corrected chi connectivity index (χ3v) is 4.81. The van der Waals surface area contributed by atoms with E-state index in [2.05, 4.69) is 10.2 Å².